The number of hydrogen-bond acceptors (Lipinski definition) is 8. The number of amides is 1. The van der Waals surface area contributed by atoms with Crippen molar-refractivity contribution in [2.45, 2.75) is 19.4 Å². The second-order valence-electron chi connectivity index (χ2n) is 8.12. The molecule has 188 valence electrons. The summed E-state index contributed by atoms with van der Waals surface area (Å²) in [6.07, 6.45) is 4.50. The number of carbonyl (C=O) groups excluding carboxylic acids is 2. The summed E-state index contributed by atoms with van der Waals surface area (Å²) in [4.78, 5) is 40.4. The van der Waals surface area contributed by atoms with Gasteiger partial charge in [0.2, 0.25) is 0 Å². The Labute approximate surface area is 214 Å². The highest BCUT2D eigenvalue weighted by Crippen LogP contribution is 2.37. The van der Waals surface area contributed by atoms with E-state index in [9.17, 15) is 14.4 Å². The third-order valence-electron chi connectivity index (χ3n) is 5.83. The number of aromatic nitrogens is 1. The van der Waals surface area contributed by atoms with Crippen LogP contribution in [0.5, 0.6) is 0 Å². The van der Waals surface area contributed by atoms with Gasteiger partial charge >= 0.3 is 5.97 Å². The molecular weight excluding hydrogens is 494 g/mol. The fourth-order valence-corrected chi connectivity index (χ4v) is 5.35. The maximum Gasteiger partial charge on any atom is 0.338 e. The van der Waals surface area contributed by atoms with E-state index < -0.39 is 23.4 Å². The number of benzene rings is 1. The minimum atomic E-state index is -0.987. The lowest BCUT2D eigenvalue weighted by Gasteiger charge is -2.25. The van der Waals surface area contributed by atoms with Gasteiger partial charge in [0.25, 0.3) is 11.5 Å². The van der Waals surface area contributed by atoms with Gasteiger partial charge in [0.1, 0.15) is 22.0 Å². The van der Waals surface area contributed by atoms with Gasteiger partial charge in [0.15, 0.2) is 0 Å². The maximum absolute atomic E-state index is 13.8. The maximum atomic E-state index is 13.8. The highest BCUT2D eigenvalue weighted by Gasteiger charge is 2.40. The van der Waals surface area contributed by atoms with Crippen LogP contribution in [0.4, 0.5) is 0 Å². The van der Waals surface area contributed by atoms with Crippen molar-refractivity contribution >= 4 is 40.7 Å². The van der Waals surface area contributed by atoms with Gasteiger partial charge in [-0.15, -0.1) is 11.3 Å². The van der Waals surface area contributed by atoms with Crippen molar-refractivity contribution in [2.24, 2.45) is 5.73 Å². The molecule has 1 amide bonds. The van der Waals surface area contributed by atoms with Gasteiger partial charge in [0.05, 0.1) is 40.7 Å². The molecule has 0 aliphatic carbocycles. The van der Waals surface area contributed by atoms with Crippen molar-refractivity contribution in [3.63, 3.8) is 0 Å². The van der Waals surface area contributed by atoms with Crippen LogP contribution < -0.4 is 25.8 Å². The van der Waals surface area contributed by atoms with E-state index in [0.717, 1.165) is 16.9 Å². The van der Waals surface area contributed by atoms with Crippen LogP contribution in [0.15, 0.2) is 86.3 Å². The van der Waals surface area contributed by atoms with Gasteiger partial charge in [-0.05, 0) is 36.8 Å². The molecule has 3 N–H and O–H groups in total. The van der Waals surface area contributed by atoms with E-state index in [1.165, 1.54) is 17.1 Å². The molecule has 9 nitrogen and oxygen atoms in total. The summed E-state index contributed by atoms with van der Waals surface area (Å²) in [5, 5.41) is 2.91. The number of ether oxygens (including phenoxy) is 1. The summed E-state index contributed by atoms with van der Waals surface area (Å²) in [6.45, 7) is 1.98. The number of hydrogen-bond donors (Lipinski definition) is 2. The van der Waals surface area contributed by atoms with Crippen molar-refractivity contribution < 1.29 is 23.2 Å². The number of nitrogens with two attached hydrogens (primary N) is 1. The Kier molecular flexibility index (Phi) is 6.65. The number of nitrogens with zero attached hydrogens (tertiary/aromatic N) is 1. The molecule has 5 rings (SSSR count). The van der Waals surface area contributed by atoms with Crippen LogP contribution in [0.2, 0.25) is 0 Å². The quantitative estimate of drug-likeness (QED) is 0.358. The van der Waals surface area contributed by atoms with Crippen LogP contribution in [0.1, 0.15) is 29.9 Å². The molecular formula is C27H23N3O6S. The summed E-state index contributed by atoms with van der Waals surface area (Å²) >= 11 is 1.08. The lowest BCUT2D eigenvalue weighted by atomic mass is 9.86. The molecule has 0 radical (unpaired) electrons. The van der Waals surface area contributed by atoms with Gasteiger partial charge in [-0.2, -0.15) is 0 Å². The summed E-state index contributed by atoms with van der Waals surface area (Å²) in [5.74, 6) is -1.54. The first kappa shape index (κ1) is 24.1. The van der Waals surface area contributed by atoms with Crippen LogP contribution in [0.3, 0.4) is 0 Å². The van der Waals surface area contributed by atoms with Crippen molar-refractivity contribution in [3.8, 4) is 0 Å². The lowest BCUT2D eigenvalue weighted by Crippen LogP contribution is -2.43. The monoisotopic (exact) mass is 517 g/mol. The van der Waals surface area contributed by atoms with Crippen LogP contribution in [-0.4, -0.2) is 23.1 Å². The topological polar surface area (TPSA) is 130 Å². The fourth-order valence-electron chi connectivity index (χ4n) is 4.19. The van der Waals surface area contributed by atoms with Crippen LogP contribution >= 0.6 is 11.3 Å². The summed E-state index contributed by atoms with van der Waals surface area (Å²) in [7, 11) is 0. The smallest absolute Gasteiger partial charge is 0.338 e. The molecule has 37 heavy (non-hydrogen) atoms. The Morgan fingerprint density at radius 3 is 2.51 bits per heavy atom. The molecule has 4 aromatic rings. The van der Waals surface area contributed by atoms with E-state index in [1.54, 1.807) is 37.3 Å². The zero-order valence-electron chi connectivity index (χ0n) is 19.8. The zero-order chi connectivity index (χ0) is 25.9. The molecule has 0 spiro atoms. The number of fused-ring (bicyclic) bond motifs is 1. The molecule has 0 fully saturated rings. The van der Waals surface area contributed by atoms with E-state index in [1.807, 2.05) is 30.3 Å². The van der Waals surface area contributed by atoms with Gasteiger partial charge in [-0.25, -0.2) is 4.79 Å². The first-order chi connectivity index (χ1) is 18.0. The Morgan fingerprint density at radius 1 is 1.08 bits per heavy atom. The average molecular weight is 518 g/mol. The molecule has 0 saturated carbocycles. The predicted octanol–water partition coefficient (Wildman–Crippen LogP) is 1.88. The SMILES string of the molecule is CCOC(=O)C1=C(N)n2c(s/c(=C\c3ccco3)c2=O)=C(C(=O)NCc2ccccc2)C1c1ccco1. The zero-order valence-corrected chi connectivity index (χ0v) is 20.6. The first-order valence-electron chi connectivity index (χ1n) is 11.5. The molecule has 1 atom stereocenters. The molecule has 1 aliphatic heterocycles. The predicted molar refractivity (Wildman–Crippen MR) is 137 cm³/mol. The lowest BCUT2D eigenvalue weighted by molar-refractivity contribution is -0.138. The van der Waals surface area contributed by atoms with E-state index in [2.05, 4.69) is 5.32 Å². The van der Waals surface area contributed by atoms with Gasteiger partial charge in [-0.1, -0.05) is 30.3 Å². The minimum absolute atomic E-state index is 0.0430. The Bertz CT molecular complexity index is 1640. The Morgan fingerprint density at radius 2 is 1.84 bits per heavy atom. The molecule has 4 heterocycles. The molecule has 10 heteroatoms. The van der Waals surface area contributed by atoms with Gasteiger partial charge < -0.3 is 24.6 Å². The first-order valence-corrected chi connectivity index (χ1v) is 12.3. The van der Waals surface area contributed by atoms with Gasteiger partial charge in [-0.3, -0.25) is 14.2 Å². The van der Waals surface area contributed by atoms with E-state index in [4.69, 9.17) is 19.3 Å². The second kappa shape index (κ2) is 10.2. The standard InChI is InChI=1S/C27H23N3O6S/c1-2-34-27(33)21-20(18-11-7-13-36-18)22(24(31)29-15-16-8-4-3-5-9-16)26-30(23(21)28)25(32)19(37-26)14-17-10-6-12-35-17/h3-14,20H,2,15,28H2,1H3,(H,29,31)/b19-14-. The third kappa shape index (κ3) is 4.54. The highest BCUT2D eigenvalue weighted by atomic mass is 32.1. The number of thiazole rings is 1. The molecule has 3 aromatic heterocycles. The number of furan rings is 2. The second-order valence-corrected chi connectivity index (χ2v) is 9.15. The third-order valence-corrected chi connectivity index (χ3v) is 6.94. The minimum Gasteiger partial charge on any atom is -0.468 e. The van der Waals surface area contributed by atoms with Crippen molar-refractivity contribution in [1.82, 2.24) is 9.88 Å². The molecule has 1 unspecified atom stereocenters. The average Bonchev–Trinajstić information content (AvgIpc) is 3.66. The number of esters is 1. The van der Waals surface area contributed by atoms with Gasteiger partial charge in [0, 0.05) is 12.6 Å². The summed E-state index contributed by atoms with van der Waals surface area (Å²) in [5.41, 5.74) is 6.97. The van der Waals surface area contributed by atoms with E-state index in [-0.39, 0.29) is 34.7 Å². The normalized spacial score (nSPS) is 15.5. The van der Waals surface area contributed by atoms with Crippen LogP contribution in [-0.2, 0) is 20.9 Å². The molecule has 0 saturated heterocycles. The van der Waals surface area contributed by atoms with Crippen molar-refractivity contribution in [1.29, 1.82) is 0 Å². The van der Waals surface area contributed by atoms with Crippen LogP contribution in [0.25, 0.3) is 17.5 Å². The summed E-state index contributed by atoms with van der Waals surface area (Å²) in [6, 6.07) is 16.1. The number of rotatable bonds is 7. The molecule has 1 aromatic carbocycles. The van der Waals surface area contributed by atoms with Crippen molar-refractivity contribution in [3.05, 3.63) is 109 Å². The summed E-state index contributed by atoms with van der Waals surface area (Å²) < 4.78 is 18.1. The number of nitrogens with one attached hydrogen (secondary N) is 1. The van der Waals surface area contributed by atoms with E-state index >= 15 is 0 Å². The number of carbonyl (C=O) groups is 2. The van der Waals surface area contributed by atoms with E-state index in [0.29, 0.717) is 16.2 Å². The molecule has 0 bridgehead atoms. The Hall–Kier alpha value is -4.57. The Balaban J connectivity index is 1.75. The van der Waals surface area contributed by atoms with Crippen molar-refractivity contribution in [2.75, 3.05) is 6.61 Å². The van der Waals surface area contributed by atoms with Crippen LogP contribution in [0, 0.1) is 0 Å². The molecule has 1 aliphatic rings. The highest BCUT2D eigenvalue weighted by molar-refractivity contribution is 7.07. The largest absolute Gasteiger partial charge is 0.468 e. The fraction of sp³-hybridized carbons (Fsp3) is 0.148.